The van der Waals surface area contributed by atoms with Gasteiger partial charge in [-0.3, -0.25) is 19.6 Å². The average Bonchev–Trinajstić information content (AvgIpc) is 2.74. The lowest BCUT2D eigenvalue weighted by Crippen LogP contribution is -2.21. The van der Waals surface area contributed by atoms with E-state index >= 15 is 0 Å². The Morgan fingerprint density at radius 1 is 1.00 bits per heavy atom. The third kappa shape index (κ3) is 5.44. The highest BCUT2D eigenvalue weighted by Crippen LogP contribution is 2.21. The van der Waals surface area contributed by atoms with Crippen molar-refractivity contribution in [2.24, 2.45) is 5.10 Å². The summed E-state index contributed by atoms with van der Waals surface area (Å²) in [6.07, 6.45) is 1.14. The van der Waals surface area contributed by atoms with Crippen LogP contribution >= 0.6 is 11.6 Å². The molecule has 0 bridgehead atoms. The number of amides is 1. The average molecular weight is 459 g/mol. The fourth-order valence-corrected chi connectivity index (χ4v) is 3.78. The first-order chi connectivity index (χ1) is 14.8. The smallest absolute Gasteiger partial charge is 0.278 e. The second-order valence-electron chi connectivity index (χ2n) is 6.12. The predicted octanol–water partition coefficient (Wildman–Crippen LogP) is 3.81. The van der Waals surface area contributed by atoms with Gasteiger partial charge in [-0.05, 0) is 42.5 Å². The quantitative estimate of drug-likeness (QED) is 0.315. The number of hydrazone groups is 1. The van der Waals surface area contributed by atoms with E-state index in [1.165, 1.54) is 54.6 Å². The number of para-hydroxylation sites is 2. The van der Waals surface area contributed by atoms with E-state index in [4.69, 9.17) is 11.6 Å². The van der Waals surface area contributed by atoms with E-state index in [0.29, 0.717) is 5.02 Å². The van der Waals surface area contributed by atoms with E-state index in [9.17, 15) is 23.3 Å². The Morgan fingerprint density at radius 2 is 1.65 bits per heavy atom. The van der Waals surface area contributed by atoms with E-state index in [0.717, 1.165) is 6.21 Å². The van der Waals surface area contributed by atoms with Gasteiger partial charge in [-0.25, -0.2) is 13.8 Å². The van der Waals surface area contributed by atoms with E-state index in [1.807, 2.05) is 0 Å². The van der Waals surface area contributed by atoms with Gasteiger partial charge in [-0.1, -0.05) is 35.9 Å². The molecule has 1 amide bonds. The number of hydrogen-bond donors (Lipinski definition) is 2. The molecule has 0 saturated heterocycles. The summed E-state index contributed by atoms with van der Waals surface area (Å²) in [4.78, 5) is 23.0. The molecule has 0 aromatic heterocycles. The van der Waals surface area contributed by atoms with Crippen LogP contribution in [-0.4, -0.2) is 25.5 Å². The van der Waals surface area contributed by atoms with Crippen LogP contribution in [0.3, 0.4) is 0 Å². The van der Waals surface area contributed by atoms with Crippen LogP contribution in [-0.2, 0) is 10.0 Å². The van der Waals surface area contributed by atoms with Gasteiger partial charge >= 0.3 is 0 Å². The molecule has 0 unspecified atom stereocenters. The molecule has 0 saturated carbocycles. The van der Waals surface area contributed by atoms with Crippen molar-refractivity contribution in [3.63, 3.8) is 0 Å². The highest BCUT2D eigenvalue weighted by Gasteiger charge is 2.18. The third-order valence-corrected chi connectivity index (χ3v) is 5.68. The van der Waals surface area contributed by atoms with Crippen molar-refractivity contribution in [1.82, 2.24) is 5.43 Å². The molecule has 0 aliphatic carbocycles. The van der Waals surface area contributed by atoms with Crippen LogP contribution in [0.25, 0.3) is 0 Å². The number of rotatable bonds is 7. The van der Waals surface area contributed by atoms with Crippen LogP contribution in [0, 0.1) is 10.1 Å². The van der Waals surface area contributed by atoms with Crippen LogP contribution in [0.2, 0.25) is 5.02 Å². The summed E-state index contributed by atoms with van der Waals surface area (Å²) in [6.45, 7) is 0. The Morgan fingerprint density at radius 3 is 2.35 bits per heavy atom. The van der Waals surface area contributed by atoms with Crippen molar-refractivity contribution in [3.8, 4) is 0 Å². The van der Waals surface area contributed by atoms with Crippen LogP contribution in [0.5, 0.6) is 0 Å². The van der Waals surface area contributed by atoms with E-state index < -0.39 is 20.9 Å². The number of halogens is 1. The van der Waals surface area contributed by atoms with Gasteiger partial charge in [-0.15, -0.1) is 0 Å². The second-order valence-corrected chi connectivity index (χ2v) is 8.24. The number of carbonyl (C=O) groups is 1. The maximum atomic E-state index is 12.6. The number of carbonyl (C=O) groups excluding carboxylic acids is 1. The summed E-state index contributed by atoms with van der Waals surface area (Å²) in [6, 6.07) is 17.4. The van der Waals surface area contributed by atoms with Gasteiger partial charge in [0.25, 0.3) is 21.6 Å². The lowest BCUT2D eigenvalue weighted by molar-refractivity contribution is -0.385. The molecule has 3 aromatic rings. The minimum atomic E-state index is -3.97. The Bertz CT molecular complexity index is 1260. The number of nitro benzene ring substituents is 1. The van der Waals surface area contributed by atoms with E-state index in [1.54, 1.807) is 18.2 Å². The molecule has 3 rings (SSSR count). The number of benzene rings is 3. The topological polar surface area (TPSA) is 131 Å². The van der Waals surface area contributed by atoms with Crippen molar-refractivity contribution in [1.29, 1.82) is 0 Å². The zero-order chi connectivity index (χ0) is 22.4. The van der Waals surface area contributed by atoms with Crippen molar-refractivity contribution >= 4 is 45.1 Å². The summed E-state index contributed by atoms with van der Waals surface area (Å²) in [5.74, 6) is -0.704. The lowest BCUT2D eigenvalue weighted by atomic mass is 10.2. The lowest BCUT2D eigenvalue weighted by Gasteiger charge is -2.11. The molecule has 0 heterocycles. The maximum Gasteiger partial charge on any atom is 0.278 e. The van der Waals surface area contributed by atoms with Crippen molar-refractivity contribution in [2.75, 3.05) is 4.72 Å². The fourth-order valence-electron chi connectivity index (χ4n) is 2.57. The molecule has 0 radical (unpaired) electrons. The molecule has 0 fully saturated rings. The van der Waals surface area contributed by atoms with Gasteiger partial charge < -0.3 is 0 Å². The summed E-state index contributed by atoms with van der Waals surface area (Å²) in [7, 11) is -3.97. The monoisotopic (exact) mass is 458 g/mol. The van der Waals surface area contributed by atoms with E-state index in [2.05, 4.69) is 15.2 Å². The molecule has 0 spiro atoms. The summed E-state index contributed by atoms with van der Waals surface area (Å²) < 4.78 is 27.6. The minimum absolute atomic E-state index is 0.0137. The molecule has 158 valence electrons. The minimum Gasteiger partial charge on any atom is -0.279 e. The maximum absolute atomic E-state index is 12.6. The highest BCUT2D eigenvalue weighted by molar-refractivity contribution is 7.92. The zero-order valence-corrected chi connectivity index (χ0v) is 17.3. The first-order valence-electron chi connectivity index (χ1n) is 8.72. The van der Waals surface area contributed by atoms with Crippen LogP contribution in [0.15, 0.2) is 82.8 Å². The Kier molecular flexibility index (Phi) is 6.63. The number of hydrogen-bond acceptors (Lipinski definition) is 6. The third-order valence-electron chi connectivity index (χ3n) is 4.04. The van der Waals surface area contributed by atoms with Gasteiger partial charge in [0, 0.05) is 11.1 Å². The molecule has 0 atom stereocenters. The van der Waals surface area contributed by atoms with E-state index in [-0.39, 0.29) is 27.4 Å². The number of nitro groups is 1. The first kappa shape index (κ1) is 21.9. The number of sulfonamides is 1. The molecule has 3 aromatic carbocycles. The number of nitrogens with zero attached hydrogens (tertiary/aromatic N) is 2. The summed E-state index contributed by atoms with van der Waals surface area (Å²) >= 11 is 5.79. The van der Waals surface area contributed by atoms with Crippen LogP contribution in [0.4, 0.5) is 11.4 Å². The Hall–Kier alpha value is -3.76. The van der Waals surface area contributed by atoms with Crippen LogP contribution in [0.1, 0.15) is 15.9 Å². The predicted molar refractivity (Wildman–Crippen MR) is 117 cm³/mol. The number of nitrogens with one attached hydrogen (secondary N) is 2. The van der Waals surface area contributed by atoms with Crippen molar-refractivity contribution in [3.05, 3.63) is 99.1 Å². The zero-order valence-electron chi connectivity index (χ0n) is 15.7. The van der Waals surface area contributed by atoms with Gasteiger partial charge in [0.2, 0.25) is 0 Å². The molecule has 31 heavy (non-hydrogen) atoms. The molecular formula is C20H15ClN4O5S. The summed E-state index contributed by atoms with van der Waals surface area (Å²) in [5, 5.41) is 15.2. The van der Waals surface area contributed by atoms with Crippen molar-refractivity contribution < 1.29 is 18.1 Å². The SMILES string of the molecule is O=C(N/N=C/c1ccccc1[N+](=O)[O-])c1ccccc1NS(=O)(=O)c1ccc(Cl)cc1. The standard InChI is InChI=1S/C20H15ClN4O5S/c21-15-9-11-16(12-10-15)31(29,30)24-18-7-3-2-6-17(18)20(26)23-22-13-14-5-1-4-8-19(14)25(27)28/h1-13,24H,(H,23,26)/b22-13+. The molecule has 0 aliphatic heterocycles. The molecule has 2 N–H and O–H groups in total. The molecule has 0 aliphatic rings. The van der Waals surface area contributed by atoms with Gasteiger partial charge in [0.1, 0.15) is 0 Å². The largest absolute Gasteiger partial charge is 0.279 e. The fraction of sp³-hybridized carbons (Fsp3) is 0. The number of anilines is 1. The van der Waals surface area contributed by atoms with Gasteiger partial charge in [-0.2, -0.15) is 5.10 Å². The second kappa shape index (κ2) is 9.37. The Balaban J connectivity index is 1.79. The summed E-state index contributed by atoms with van der Waals surface area (Å²) in [5.41, 5.74) is 2.32. The normalized spacial score (nSPS) is 11.3. The van der Waals surface area contributed by atoms with Crippen molar-refractivity contribution in [2.45, 2.75) is 4.90 Å². The highest BCUT2D eigenvalue weighted by atomic mass is 35.5. The molecular weight excluding hydrogens is 444 g/mol. The molecule has 11 heteroatoms. The van der Waals surface area contributed by atoms with Gasteiger partial charge in [0.15, 0.2) is 0 Å². The van der Waals surface area contributed by atoms with Crippen LogP contribution < -0.4 is 10.1 Å². The Labute approximate surface area is 182 Å². The first-order valence-corrected chi connectivity index (χ1v) is 10.6. The molecule has 9 nitrogen and oxygen atoms in total. The van der Waals surface area contributed by atoms with Gasteiger partial charge in [0.05, 0.1) is 32.8 Å².